The summed E-state index contributed by atoms with van der Waals surface area (Å²) >= 11 is 0. The first kappa shape index (κ1) is 16.0. The van der Waals surface area contributed by atoms with E-state index in [0.29, 0.717) is 0 Å². The van der Waals surface area contributed by atoms with Crippen molar-refractivity contribution in [3.05, 3.63) is 35.4 Å². The number of hydrogen-bond acceptors (Lipinski definition) is 4. The summed E-state index contributed by atoms with van der Waals surface area (Å²) in [6.45, 7) is 7.15. The number of esters is 1. The summed E-state index contributed by atoms with van der Waals surface area (Å²) in [4.78, 5) is 19.7. The number of hydrogen-bond donors (Lipinski definition) is 0. The number of carbonyl (C=O) groups is 1. The minimum atomic E-state index is -0.862. The van der Waals surface area contributed by atoms with Crippen LogP contribution in [0.25, 0.3) is 0 Å². The molecule has 0 saturated heterocycles. The molecule has 1 fully saturated rings. The molecule has 4 nitrogen and oxygen atoms in total. The van der Waals surface area contributed by atoms with Crippen molar-refractivity contribution >= 4 is 12.3 Å². The average Bonchev–Trinajstić information content (AvgIpc) is 3.26. The standard InChI is InChI=1S/C19H26N2O2/c1-13(2)19(18(22)23-4)17(16-9-5-14(3)6-10-16)21(12-20-19)11-15-7-8-15/h5-6,9-10,12-13,15,17H,7-8,11H2,1-4H3. The third kappa shape index (κ3) is 2.75. The van der Waals surface area contributed by atoms with Crippen molar-refractivity contribution in [3.8, 4) is 0 Å². The molecule has 1 heterocycles. The van der Waals surface area contributed by atoms with Gasteiger partial charge in [0, 0.05) is 6.54 Å². The number of benzene rings is 1. The predicted molar refractivity (Wildman–Crippen MR) is 91.4 cm³/mol. The molecule has 0 spiro atoms. The van der Waals surface area contributed by atoms with Gasteiger partial charge in [0.25, 0.3) is 0 Å². The van der Waals surface area contributed by atoms with Gasteiger partial charge in [0.1, 0.15) is 0 Å². The van der Waals surface area contributed by atoms with Crippen LogP contribution in [0.1, 0.15) is 43.9 Å². The molecule has 0 N–H and O–H groups in total. The van der Waals surface area contributed by atoms with E-state index in [1.54, 1.807) is 0 Å². The van der Waals surface area contributed by atoms with Gasteiger partial charge >= 0.3 is 5.97 Å². The maximum Gasteiger partial charge on any atom is 0.336 e. The number of nitrogens with zero attached hydrogens (tertiary/aromatic N) is 2. The molecule has 2 unspecified atom stereocenters. The first-order valence-corrected chi connectivity index (χ1v) is 8.45. The van der Waals surface area contributed by atoms with Gasteiger partial charge in [-0.15, -0.1) is 0 Å². The molecule has 4 heteroatoms. The fraction of sp³-hybridized carbons (Fsp3) is 0.579. The highest BCUT2D eigenvalue weighted by Gasteiger charge is 2.55. The zero-order valence-electron chi connectivity index (χ0n) is 14.5. The SMILES string of the molecule is COC(=O)C1(C(C)C)N=CN(CC2CC2)C1c1ccc(C)cc1. The fourth-order valence-corrected chi connectivity index (χ4v) is 3.53. The molecular formula is C19H26N2O2. The summed E-state index contributed by atoms with van der Waals surface area (Å²) < 4.78 is 5.16. The molecule has 2 aliphatic rings. The zero-order chi connectivity index (χ0) is 16.6. The highest BCUT2D eigenvalue weighted by Crippen LogP contribution is 2.46. The van der Waals surface area contributed by atoms with E-state index in [1.807, 2.05) is 6.34 Å². The minimum Gasteiger partial charge on any atom is -0.467 e. The van der Waals surface area contributed by atoms with Crippen LogP contribution in [-0.2, 0) is 9.53 Å². The first-order chi connectivity index (χ1) is 11.0. The number of methoxy groups -OCH3 is 1. The molecule has 0 radical (unpaired) electrons. The van der Waals surface area contributed by atoms with Crippen molar-refractivity contribution in [3.63, 3.8) is 0 Å². The van der Waals surface area contributed by atoms with E-state index in [-0.39, 0.29) is 17.9 Å². The third-order valence-electron chi connectivity index (χ3n) is 5.12. The Morgan fingerprint density at radius 2 is 2.00 bits per heavy atom. The predicted octanol–water partition coefficient (Wildman–Crippen LogP) is 3.36. The van der Waals surface area contributed by atoms with Crippen LogP contribution >= 0.6 is 0 Å². The third-order valence-corrected chi connectivity index (χ3v) is 5.12. The van der Waals surface area contributed by atoms with Gasteiger partial charge in [-0.3, -0.25) is 4.99 Å². The lowest BCUT2D eigenvalue weighted by Gasteiger charge is -2.38. The maximum atomic E-state index is 12.7. The smallest absolute Gasteiger partial charge is 0.336 e. The lowest BCUT2D eigenvalue weighted by Crippen LogP contribution is -2.50. The zero-order valence-corrected chi connectivity index (χ0v) is 14.5. The highest BCUT2D eigenvalue weighted by atomic mass is 16.5. The Morgan fingerprint density at radius 3 is 2.52 bits per heavy atom. The molecule has 1 saturated carbocycles. The van der Waals surface area contributed by atoms with E-state index >= 15 is 0 Å². The van der Waals surface area contributed by atoms with Gasteiger partial charge in [0.2, 0.25) is 0 Å². The second-order valence-corrected chi connectivity index (χ2v) is 7.17. The van der Waals surface area contributed by atoms with Crippen molar-refractivity contribution in [2.45, 2.75) is 45.2 Å². The van der Waals surface area contributed by atoms with E-state index in [0.717, 1.165) is 18.0 Å². The number of aliphatic imine (C=N–C) groups is 1. The Balaban J connectivity index is 2.04. The molecule has 2 atom stereocenters. The van der Waals surface area contributed by atoms with Gasteiger partial charge in [0.15, 0.2) is 5.54 Å². The quantitative estimate of drug-likeness (QED) is 0.783. The second-order valence-electron chi connectivity index (χ2n) is 7.17. The molecule has 3 rings (SSSR count). The Morgan fingerprint density at radius 1 is 1.35 bits per heavy atom. The molecule has 1 aliphatic carbocycles. The summed E-state index contributed by atoms with van der Waals surface area (Å²) in [5, 5.41) is 0. The molecule has 1 aromatic carbocycles. The molecule has 0 bridgehead atoms. The summed E-state index contributed by atoms with van der Waals surface area (Å²) in [6.07, 6.45) is 4.43. The lowest BCUT2D eigenvalue weighted by molar-refractivity contribution is -0.150. The number of aryl methyl sites for hydroxylation is 1. The maximum absolute atomic E-state index is 12.7. The van der Waals surface area contributed by atoms with Gasteiger partial charge in [-0.05, 0) is 37.2 Å². The first-order valence-electron chi connectivity index (χ1n) is 8.45. The van der Waals surface area contributed by atoms with Crippen LogP contribution in [0.5, 0.6) is 0 Å². The largest absolute Gasteiger partial charge is 0.467 e. The van der Waals surface area contributed by atoms with Gasteiger partial charge in [0.05, 0.1) is 19.5 Å². The Kier molecular flexibility index (Phi) is 4.17. The Labute approximate surface area is 138 Å². The lowest BCUT2D eigenvalue weighted by atomic mass is 9.77. The monoisotopic (exact) mass is 314 g/mol. The van der Waals surface area contributed by atoms with Crippen molar-refractivity contribution in [2.24, 2.45) is 16.8 Å². The van der Waals surface area contributed by atoms with Gasteiger partial charge in [-0.2, -0.15) is 0 Å². The van der Waals surface area contributed by atoms with E-state index in [2.05, 4.69) is 49.9 Å². The van der Waals surface area contributed by atoms with E-state index in [4.69, 9.17) is 9.73 Å². The number of ether oxygens (including phenoxy) is 1. The molecular weight excluding hydrogens is 288 g/mol. The molecule has 0 amide bonds. The molecule has 1 aromatic rings. The molecule has 124 valence electrons. The molecule has 23 heavy (non-hydrogen) atoms. The average molecular weight is 314 g/mol. The van der Waals surface area contributed by atoms with Crippen molar-refractivity contribution in [1.29, 1.82) is 0 Å². The second kappa shape index (κ2) is 5.99. The van der Waals surface area contributed by atoms with Crippen LogP contribution in [0.15, 0.2) is 29.3 Å². The summed E-state index contributed by atoms with van der Waals surface area (Å²) in [7, 11) is 1.46. The topological polar surface area (TPSA) is 41.9 Å². The van der Waals surface area contributed by atoms with Crippen LogP contribution in [0.4, 0.5) is 0 Å². The molecule has 0 aromatic heterocycles. The normalized spacial score (nSPS) is 26.8. The van der Waals surface area contributed by atoms with Gasteiger partial charge in [-0.25, -0.2) is 4.79 Å². The van der Waals surface area contributed by atoms with E-state index in [9.17, 15) is 4.79 Å². The van der Waals surface area contributed by atoms with Crippen LogP contribution < -0.4 is 0 Å². The summed E-state index contributed by atoms with van der Waals surface area (Å²) in [6, 6.07) is 8.36. The molecule has 1 aliphatic heterocycles. The summed E-state index contributed by atoms with van der Waals surface area (Å²) in [5.41, 5.74) is 1.49. The van der Waals surface area contributed by atoms with Crippen LogP contribution in [0.3, 0.4) is 0 Å². The van der Waals surface area contributed by atoms with Crippen LogP contribution in [0, 0.1) is 18.8 Å². The van der Waals surface area contributed by atoms with Crippen molar-refractivity contribution in [1.82, 2.24) is 4.90 Å². The Hall–Kier alpha value is -1.84. The minimum absolute atomic E-state index is 0.0571. The van der Waals surface area contributed by atoms with E-state index in [1.165, 1.54) is 25.5 Å². The van der Waals surface area contributed by atoms with Gasteiger partial charge < -0.3 is 9.64 Å². The van der Waals surface area contributed by atoms with Crippen LogP contribution in [-0.4, -0.2) is 36.4 Å². The van der Waals surface area contributed by atoms with Crippen molar-refractivity contribution in [2.75, 3.05) is 13.7 Å². The highest BCUT2D eigenvalue weighted by molar-refractivity contribution is 5.87. The van der Waals surface area contributed by atoms with Crippen LogP contribution in [0.2, 0.25) is 0 Å². The number of carbonyl (C=O) groups excluding carboxylic acids is 1. The van der Waals surface area contributed by atoms with Gasteiger partial charge in [-0.1, -0.05) is 43.7 Å². The van der Waals surface area contributed by atoms with E-state index < -0.39 is 5.54 Å². The summed E-state index contributed by atoms with van der Waals surface area (Å²) in [5.74, 6) is 0.546. The Bertz CT molecular complexity index is 604. The fourth-order valence-electron chi connectivity index (χ4n) is 3.53. The van der Waals surface area contributed by atoms with Crippen molar-refractivity contribution < 1.29 is 9.53 Å². The number of rotatable bonds is 5.